The van der Waals surface area contributed by atoms with Crippen molar-refractivity contribution in [3.05, 3.63) is 89.9 Å². The summed E-state index contributed by atoms with van der Waals surface area (Å²) in [5.41, 5.74) is 6.39. The summed E-state index contributed by atoms with van der Waals surface area (Å²) >= 11 is 0. The Hall–Kier alpha value is -4.82. The number of piperazine rings is 1. The molecule has 270 valence electrons. The van der Waals surface area contributed by atoms with E-state index in [9.17, 15) is 9.90 Å². The molecule has 0 unspecified atom stereocenters. The lowest BCUT2D eigenvalue weighted by Crippen LogP contribution is -2.43. The van der Waals surface area contributed by atoms with Crippen LogP contribution in [0.3, 0.4) is 0 Å². The van der Waals surface area contributed by atoms with E-state index in [1.807, 2.05) is 36.5 Å². The molecule has 52 heavy (non-hydrogen) atoms. The number of hydrogen-bond acceptors (Lipinski definition) is 9. The minimum Gasteiger partial charge on any atom is -0.393 e. The summed E-state index contributed by atoms with van der Waals surface area (Å²) in [4.78, 5) is 31.5. The summed E-state index contributed by atoms with van der Waals surface area (Å²) in [5, 5.41) is 20.1. The maximum atomic E-state index is 12.6. The molecular formula is C42H50N8O2. The predicted molar refractivity (Wildman–Crippen MR) is 207 cm³/mol. The van der Waals surface area contributed by atoms with Crippen molar-refractivity contribution in [1.82, 2.24) is 24.8 Å². The molecule has 10 nitrogen and oxygen atoms in total. The van der Waals surface area contributed by atoms with Crippen LogP contribution < -0.4 is 16.0 Å². The number of pyridine rings is 1. The quantitative estimate of drug-likeness (QED) is 0.137. The van der Waals surface area contributed by atoms with Gasteiger partial charge in [-0.3, -0.25) is 9.69 Å². The summed E-state index contributed by atoms with van der Waals surface area (Å²) in [5.74, 6) is 8.31. The van der Waals surface area contributed by atoms with Gasteiger partial charge in [0, 0.05) is 80.1 Å². The molecule has 2 aliphatic carbocycles. The SMILES string of the molecule is CN1CCN(Cc2ccc(-c3cnc(Nc4ccc(C#Cc5cc(NC(=O)C6CCCC6)ccn5)cc4)nc3NCC3CCC(O)CC3)cc2)CC1. The Kier molecular flexibility index (Phi) is 11.7. The third-order valence-electron chi connectivity index (χ3n) is 10.7. The Balaban J connectivity index is 1.02. The van der Waals surface area contributed by atoms with Gasteiger partial charge in [-0.2, -0.15) is 4.98 Å². The average Bonchev–Trinajstić information content (AvgIpc) is 3.72. The minimum absolute atomic E-state index is 0.0861. The number of carbonyl (C=O) groups excluding carboxylic acids is 1. The number of aromatic nitrogens is 3. The number of hydrogen-bond donors (Lipinski definition) is 4. The van der Waals surface area contributed by atoms with Crippen molar-refractivity contribution >= 4 is 29.0 Å². The zero-order valence-corrected chi connectivity index (χ0v) is 30.2. The second kappa shape index (κ2) is 17.1. The first-order valence-electron chi connectivity index (χ1n) is 18.9. The standard InChI is InChI=1S/C42H50N8O2/c1-49-22-24-50(25-23-49)29-32-6-13-33(14-7-32)39-28-45-42(48-40(39)44-27-31-11-18-38(51)19-12-31)47-35-15-8-30(9-16-35)10-17-36-26-37(20-21-43-36)46-41(52)34-4-2-3-5-34/h6-9,13-16,20-21,26,28,31,34,38,51H,2-5,11-12,18-19,22-25,27,29H2,1H3,(H,43,46,52)(H2,44,45,47,48). The van der Waals surface area contributed by atoms with Gasteiger partial charge in [0.15, 0.2) is 0 Å². The Morgan fingerprint density at radius 3 is 2.37 bits per heavy atom. The highest BCUT2D eigenvalue weighted by molar-refractivity contribution is 5.92. The minimum atomic E-state index is -0.175. The molecule has 10 heteroatoms. The number of benzene rings is 2. The van der Waals surface area contributed by atoms with Crippen LogP contribution in [0, 0.1) is 23.7 Å². The average molecular weight is 699 g/mol. The van der Waals surface area contributed by atoms with Crippen LogP contribution in [0.2, 0.25) is 0 Å². The van der Waals surface area contributed by atoms with Crippen LogP contribution in [0.15, 0.2) is 73.1 Å². The van der Waals surface area contributed by atoms with Gasteiger partial charge in [0.05, 0.1) is 6.10 Å². The molecule has 3 fully saturated rings. The molecular weight excluding hydrogens is 649 g/mol. The Morgan fingerprint density at radius 2 is 1.62 bits per heavy atom. The number of nitrogens with zero attached hydrogens (tertiary/aromatic N) is 5. The van der Waals surface area contributed by atoms with E-state index in [0.717, 1.165) is 125 Å². The summed E-state index contributed by atoms with van der Waals surface area (Å²) < 4.78 is 0. The smallest absolute Gasteiger partial charge is 0.229 e. The van der Waals surface area contributed by atoms with Crippen LogP contribution in [0.1, 0.15) is 68.2 Å². The molecule has 4 N–H and O–H groups in total. The molecule has 0 bridgehead atoms. The number of anilines is 4. The Morgan fingerprint density at radius 1 is 0.865 bits per heavy atom. The van der Waals surface area contributed by atoms with Gasteiger partial charge in [-0.05, 0) is 105 Å². The van der Waals surface area contributed by atoms with Crippen LogP contribution in [0.25, 0.3) is 11.1 Å². The van der Waals surface area contributed by atoms with Crippen molar-refractivity contribution in [2.75, 3.05) is 55.7 Å². The number of aliphatic hydroxyl groups excluding tert-OH is 1. The van der Waals surface area contributed by atoms with Gasteiger partial charge in [0.25, 0.3) is 0 Å². The molecule has 3 aliphatic rings. The van der Waals surface area contributed by atoms with E-state index in [-0.39, 0.29) is 17.9 Å². The number of aliphatic hydroxyl groups is 1. The van der Waals surface area contributed by atoms with E-state index >= 15 is 0 Å². The van der Waals surface area contributed by atoms with Crippen LogP contribution in [-0.2, 0) is 11.3 Å². The van der Waals surface area contributed by atoms with E-state index in [0.29, 0.717) is 17.6 Å². The van der Waals surface area contributed by atoms with E-state index in [4.69, 9.17) is 9.97 Å². The molecule has 0 radical (unpaired) electrons. The number of likely N-dealkylation sites (N-methyl/N-ethyl adjacent to an activating group) is 1. The van der Waals surface area contributed by atoms with Gasteiger partial charge in [-0.25, -0.2) is 9.97 Å². The molecule has 1 aliphatic heterocycles. The lowest BCUT2D eigenvalue weighted by molar-refractivity contribution is -0.119. The summed E-state index contributed by atoms with van der Waals surface area (Å²) in [6.45, 7) is 6.17. The van der Waals surface area contributed by atoms with E-state index in [2.05, 4.69) is 73.9 Å². The molecule has 2 aromatic heterocycles. The monoisotopic (exact) mass is 698 g/mol. The van der Waals surface area contributed by atoms with Gasteiger partial charge in [-0.1, -0.05) is 43.0 Å². The number of rotatable bonds is 10. The first kappa shape index (κ1) is 35.6. The number of amides is 1. The molecule has 2 saturated carbocycles. The van der Waals surface area contributed by atoms with Crippen LogP contribution >= 0.6 is 0 Å². The zero-order chi connectivity index (χ0) is 35.7. The topological polar surface area (TPSA) is 119 Å². The van der Waals surface area contributed by atoms with E-state index in [1.54, 1.807) is 12.3 Å². The Bertz CT molecular complexity index is 1850. The third-order valence-corrected chi connectivity index (χ3v) is 10.7. The fraction of sp³-hybridized carbons (Fsp3) is 0.429. The largest absolute Gasteiger partial charge is 0.393 e. The maximum Gasteiger partial charge on any atom is 0.229 e. The third kappa shape index (κ3) is 9.73. The fourth-order valence-electron chi connectivity index (χ4n) is 7.34. The van der Waals surface area contributed by atoms with E-state index < -0.39 is 0 Å². The fourth-order valence-corrected chi connectivity index (χ4v) is 7.34. The normalized spacial score (nSPS) is 19.8. The van der Waals surface area contributed by atoms with Gasteiger partial charge in [0.1, 0.15) is 11.5 Å². The number of carbonyl (C=O) groups is 1. The van der Waals surface area contributed by atoms with Crippen LogP contribution in [0.5, 0.6) is 0 Å². The highest BCUT2D eigenvalue weighted by Gasteiger charge is 2.23. The molecule has 0 atom stereocenters. The first-order chi connectivity index (χ1) is 25.4. The molecule has 2 aromatic carbocycles. The molecule has 4 aromatic rings. The van der Waals surface area contributed by atoms with Crippen molar-refractivity contribution in [3.8, 4) is 23.0 Å². The zero-order valence-electron chi connectivity index (χ0n) is 30.2. The molecule has 7 rings (SSSR count). The highest BCUT2D eigenvalue weighted by Crippen LogP contribution is 2.31. The van der Waals surface area contributed by atoms with Gasteiger partial charge < -0.3 is 26.0 Å². The second-order valence-electron chi connectivity index (χ2n) is 14.6. The summed E-state index contributed by atoms with van der Waals surface area (Å²) in [7, 11) is 2.19. The molecule has 0 spiro atoms. The maximum absolute atomic E-state index is 12.6. The van der Waals surface area contributed by atoms with Gasteiger partial charge in [-0.15, -0.1) is 0 Å². The van der Waals surface area contributed by atoms with Crippen LogP contribution in [-0.4, -0.2) is 81.6 Å². The highest BCUT2D eigenvalue weighted by atomic mass is 16.3. The van der Waals surface area contributed by atoms with Crippen molar-refractivity contribution < 1.29 is 9.90 Å². The lowest BCUT2D eigenvalue weighted by atomic mass is 9.87. The lowest BCUT2D eigenvalue weighted by Gasteiger charge is -2.32. The Labute approximate surface area is 307 Å². The van der Waals surface area contributed by atoms with Crippen molar-refractivity contribution in [2.45, 2.75) is 64.0 Å². The first-order valence-corrected chi connectivity index (χ1v) is 18.9. The van der Waals surface area contributed by atoms with Gasteiger partial charge >= 0.3 is 0 Å². The molecule has 1 amide bonds. The van der Waals surface area contributed by atoms with Gasteiger partial charge in [0.2, 0.25) is 11.9 Å². The molecule has 1 saturated heterocycles. The second-order valence-corrected chi connectivity index (χ2v) is 14.6. The van der Waals surface area contributed by atoms with Crippen molar-refractivity contribution in [3.63, 3.8) is 0 Å². The number of nitrogens with one attached hydrogen (secondary N) is 3. The summed E-state index contributed by atoms with van der Waals surface area (Å²) in [6.07, 6.45) is 11.3. The van der Waals surface area contributed by atoms with Crippen molar-refractivity contribution in [1.29, 1.82) is 0 Å². The van der Waals surface area contributed by atoms with Crippen molar-refractivity contribution in [2.24, 2.45) is 11.8 Å². The summed E-state index contributed by atoms with van der Waals surface area (Å²) in [6, 6.07) is 20.3. The van der Waals surface area contributed by atoms with Crippen LogP contribution in [0.4, 0.5) is 23.1 Å². The predicted octanol–water partition coefficient (Wildman–Crippen LogP) is 6.52. The molecule has 3 heterocycles. The van der Waals surface area contributed by atoms with E-state index in [1.165, 1.54) is 5.56 Å².